The van der Waals surface area contributed by atoms with Gasteiger partial charge in [0.2, 0.25) is 5.91 Å². The minimum Gasteiger partial charge on any atom is -0.356 e. The Bertz CT molecular complexity index is 543. The fourth-order valence-corrected chi connectivity index (χ4v) is 2.82. The van der Waals surface area contributed by atoms with E-state index in [-0.39, 0.29) is 18.4 Å². The fraction of sp³-hybridized carbons (Fsp3) is 0.500. The minimum absolute atomic E-state index is 0.0712. The van der Waals surface area contributed by atoms with Gasteiger partial charge < -0.3 is 14.5 Å². The number of likely N-dealkylation sites (N-methyl/N-ethyl adjacent to an activating group) is 2. The second-order valence-corrected chi connectivity index (χ2v) is 5.68. The van der Waals surface area contributed by atoms with Crippen LogP contribution in [0.2, 0.25) is 5.02 Å². The van der Waals surface area contributed by atoms with E-state index in [2.05, 4.69) is 0 Å². The zero-order valence-electron chi connectivity index (χ0n) is 13.1. The van der Waals surface area contributed by atoms with Crippen molar-refractivity contribution in [3.63, 3.8) is 0 Å². The largest absolute Gasteiger partial charge is 0.356 e. The summed E-state index contributed by atoms with van der Waals surface area (Å²) in [4.78, 5) is 28.0. The number of ether oxygens (including phenoxy) is 1. The van der Waals surface area contributed by atoms with Gasteiger partial charge in [0.1, 0.15) is 6.61 Å². The van der Waals surface area contributed by atoms with E-state index in [0.717, 1.165) is 5.56 Å². The van der Waals surface area contributed by atoms with E-state index in [4.69, 9.17) is 16.3 Å². The van der Waals surface area contributed by atoms with E-state index in [1.54, 1.807) is 29.0 Å². The molecule has 0 radical (unpaired) electrons. The number of benzene rings is 1. The number of rotatable bonds is 4. The van der Waals surface area contributed by atoms with Gasteiger partial charge in [-0.25, -0.2) is 0 Å². The summed E-state index contributed by atoms with van der Waals surface area (Å²) in [6, 6.07) is 6.72. The van der Waals surface area contributed by atoms with Crippen LogP contribution in [0.3, 0.4) is 0 Å². The summed E-state index contributed by atoms with van der Waals surface area (Å²) in [5.41, 5.74) is 0.838. The van der Waals surface area contributed by atoms with Crippen LogP contribution in [-0.2, 0) is 14.3 Å². The van der Waals surface area contributed by atoms with Crippen molar-refractivity contribution in [3.8, 4) is 0 Å². The van der Waals surface area contributed by atoms with Crippen molar-refractivity contribution < 1.29 is 14.3 Å². The zero-order chi connectivity index (χ0) is 16.3. The molecule has 1 aromatic rings. The first-order chi connectivity index (χ1) is 10.5. The Balaban J connectivity index is 2.35. The van der Waals surface area contributed by atoms with E-state index < -0.39 is 12.1 Å². The lowest BCUT2D eigenvalue weighted by molar-refractivity contribution is -0.167. The number of nitrogens with zero attached hydrogens (tertiary/aromatic N) is 2. The highest BCUT2D eigenvalue weighted by atomic mass is 35.5. The van der Waals surface area contributed by atoms with Crippen molar-refractivity contribution in [1.29, 1.82) is 0 Å². The van der Waals surface area contributed by atoms with Gasteiger partial charge in [0.15, 0.2) is 6.10 Å². The number of amides is 2. The highest BCUT2D eigenvalue weighted by molar-refractivity contribution is 6.30. The summed E-state index contributed by atoms with van der Waals surface area (Å²) < 4.78 is 5.59. The molecule has 2 rings (SSSR count). The van der Waals surface area contributed by atoms with Crippen LogP contribution in [0.1, 0.15) is 25.5 Å². The second-order valence-electron chi connectivity index (χ2n) is 5.24. The van der Waals surface area contributed by atoms with Crippen molar-refractivity contribution in [2.75, 3.05) is 26.7 Å². The molecule has 2 amide bonds. The van der Waals surface area contributed by atoms with Crippen LogP contribution in [0.5, 0.6) is 0 Å². The lowest BCUT2D eigenvalue weighted by atomic mass is 9.97. The third-order valence-corrected chi connectivity index (χ3v) is 4.27. The molecule has 6 heteroatoms. The number of carbonyl (C=O) groups is 2. The molecule has 0 bridgehead atoms. The van der Waals surface area contributed by atoms with Crippen LogP contribution in [-0.4, -0.2) is 54.5 Å². The van der Waals surface area contributed by atoms with Crippen LogP contribution in [0.4, 0.5) is 0 Å². The summed E-state index contributed by atoms with van der Waals surface area (Å²) >= 11 is 5.92. The predicted octanol–water partition coefficient (Wildman–Crippen LogP) is 2.11. The molecular weight excluding hydrogens is 304 g/mol. The van der Waals surface area contributed by atoms with Crippen LogP contribution < -0.4 is 0 Å². The molecule has 0 unspecified atom stereocenters. The van der Waals surface area contributed by atoms with E-state index in [9.17, 15) is 9.59 Å². The average Bonchev–Trinajstić information content (AvgIpc) is 2.52. The van der Waals surface area contributed by atoms with Gasteiger partial charge in [-0.15, -0.1) is 0 Å². The first-order valence-corrected chi connectivity index (χ1v) is 7.78. The Kier molecular flexibility index (Phi) is 5.42. The van der Waals surface area contributed by atoms with Crippen LogP contribution in [0, 0.1) is 0 Å². The van der Waals surface area contributed by atoms with Crippen molar-refractivity contribution in [3.05, 3.63) is 34.9 Å². The standard InChI is InChI=1S/C16H21ClN2O3/c1-4-19(5-2)16(21)15-14(18(3)13(20)10-22-15)11-6-8-12(17)9-7-11/h6-9,14-15H,4-5,10H2,1-3H3/t14-,15-/m1/s1. The highest BCUT2D eigenvalue weighted by Gasteiger charge is 2.41. The number of halogens is 1. The lowest BCUT2D eigenvalue weighted by Gasteiger charge is -2.40. The van der Waals surface area contributed by atoms with Gasteiger partial charge >= 0.3 is 0 Å². The van der Waals surface area contributed by atoms with Crippen molar-refractivity contribution in [1.82, 2.24) is 9.80 Å². The van der Waals surface area contributed by atoms with Gasteiger partial charge in [0.25, 0.3) is 5.91 Å². The Morgan fingerprint density at radius 3 is 2.45 bits per heavy atom. The molecule has 120 valence electrons. The zero-order valence-corrected chi connectivity index (χ0v) is 13.8. The van der Waals surface area contributed by atoms with Gasteiger partial charge in [-0.1, -0.05) is 23.7 Å². The first kappa shape index (κ1) is 16.8. The summed E-state index contributed by atoms with van der Waals surface area (Å²) in [5.74, 6) is -0.229. The van der Waals surface area contributed by atoms with Crippen LogP contribution in [0.15, 0.2) is 24.3 Å². The molecule has 1 fully saturated rings. The lowest BCUT2D eigenvalue weighted by Crippen LogP contribution is -2.53. The van der Waals surface area contributed by atoms with Gasteiger partial charge in [0, 0.05) is 25.2 Å². The SMILES string of the molecule is CCN(CC)C(=O)[C@@H]1OCC(=O)N(C)[C@@H]1c1ccc(Cl)cc1. The predicted molar refractivity (Wildman–Crippen MR) is 84.6 cm³/mol. The molecule has 0 aliphatic carbocycles. The Morgan fingerprint density at radius 2 is 1.91 bits per heavy atom. The molecular formula is C16H21ClN2O3. The molecule has 5 nitrogen and oxygen atoms in total. The van der Waals surface area contributed by atoms with Crippen molar-refractivity contribution in [2.24, 2.45) is 0 Å². The third kappa shape index (κ3) is 3.25. The molecule has 1 heterocycles. The number of morpholine rings is 1. The molecule has 0 saturated carbocycles. The van der Waals surface area contributed by atoms with Crippen molar-refractivity contribution in [2.45, 2.75) is 26.0 Å². The molecule has 1 aromatic carbocycles. The summed E-state index contributed by atoms with van der Waals surface area (Å²) in [7, 11) is 1.70. The third-order valence-electron chi connectivity index (χ3n) is 4.01. The Hall–Kier alpha value is -1.59. The topological polar surface area (TPSA) is 49.9 Å². The van der Waals surface area contributed by atoms with E-state index in [1.165, 1.54) is 0 Å². The van der Waals surface area contributed by atoms with Gasteiger partial charge in [-0.05, 0) is 31.5 Å². The van der Waals surface area contributed by atoms with Crippen LogP contribution in [0.25, 0.3) is 0 Å². The van der Waals surface area contributed by atoms with Gasteiger partial charge in [-0.2, -0.15) is 0 Å². The fourth-order valence-electron chi connectivity index (χ4n) is 2.69. The number of hydrogen-bond donors (Lipinski definition) is 0. The minimum atomic E-state index is -0.691. The number of carbonyl (C=O) groups excluding carboxylic acids is 2. The van der Waals surface area contributed by atoms with Gasteiger partial charge in [0.05, 0.1) is 6.04 Å². The normalized spacial score (nSPS) is 21.8. The molecule has 1 aliphatic rings. The molecule has 0 N–H and O–H groups in total. The summed E-state index contributed by atoms with van der Waals surface area (Å²) in [6.45, 7) is 5.01. The molecule has 2 atom stereocenters. The summed E-state index contributed by atoms with van der Waals surface area (Å²) in [6.07, 6.45) is -0.691. The smallest absolute Gasteiger partial charge is 0.254 e. The summed E-state index contributed by atoms with van der Waals surface area (Å²) in [5, 5.41) is 0.612. The van der Waals surface area contributed by atoms with Gasteiger partial charge in [-0.3, -0.25) is 9.59 Å². The van der Waals surface area contributed by atoms with E-state index >= 15 is 0 Å². The first-order valence-electron chi connectivity index (χ1n) is 7.41. The van der Waals surface area contributed by atoms with E-state index in [0.29, 0.717) is 18.1 Å². The number of hydrogen-bond acceptors (Lipinski definition) is 3. The average molecular weight is 325 g/mol. The Morgan fingerprint density at radius 1 is 1.32 bits per heavy atom. The maximum atomic E-state index is 12.7. The second kappa shape index (κ2) is 7.11. The quantitative estimate of drug-likeness (QED) is 0.852. The molecule has 1 saturated heterocycles. The van der Waals surface area contributed by atoms with Crippen LogP contribution >= 0.6 is 11.6 Å². The molecule has 1 aliphatic heterocycles. The molecule has 0 aromatic heterocycles. The molecule has 22 heavy (non-hydrogen) atoms. The van der Waals surface area contributed by atoms with E-state index in [1.807, 2.05) is 26.0 Å². The maximum absolute atomic E-state index is 12.7. The Labute approximate surface area is 135 Å². The molecule has 0 spiro atoms. The monoisotopic (exact) mass is 324 g/mol. The maximum Gasteiger partial charge on any atom is 0.254 e. The van der Waals surface area contributed by atoms with Crippen molar-refractivity contribution >= 4 is 23.4 Å². The highest BCUT2D eigenvalue weighted by Crippen LogP contribution is 2.30.